The van der Waals surface area contributed by atoms with Gasteiger partial charge in [-0.2, -0.15) is 0 Å². The molecule has 2 aromatic rings. The summed E-state index contributed by atoms with van der Waals surface area (Å²) in [5, 5.41) is 36.0. The van der Waals surface area contributed by atoms with E-state index in [1.165, 1.54) is 42.6 Å². The van der Waals surface area contributed by atoms with Crippen molar-refractivity contribution < 1.29 is 34.4 Å². The Balaban J connectivity index is 1.62. The summed E-state index contributed by atoms with van der Waals surface area (Å²) in [4.78, 5) is 56.9. The lowest BCUT2D eigenvalue weighted by Gasteiger charge is -2.71. The Labute approximate surface area is 242 Å². The predicted molar refractivity (Wildman–Crippen MR) is 149 cm³/mol. The summed E-state index contributed by atoms with van der Waals surface area (Å²) < 4.78 is 15.7. The normalized spacial score (nSPS) is 39.4. The zero-order chi connectivity index (χ0) is 31.4. The zero-order valence-electron chi connectivity index (χ0n) is 25.1. The van der Waals surface area contributed by atoms with Gasteiger partial charge in [-0.25, -0.2) is 9.78 Å². The molecule has 2 aromatic heterocycles. The van der Waals surface area contributed by atoms with Gasteiger partial charge in [-0.05, 0) is 32.1 Å². The van der Waals surface area contributed by atoms with Crippen LogP contribution in [-0.2, 0) is 39.7 Å². The summed E-state index contributed by atoms with van der Waals surface area (Å²) in [6.45, 7) is 11.7. The average Bonchev–Trinajstić information content (AvgIpc) is 3.32. The molecule has 0 bridgehead atoms. The van der Waals surface area contributed by atoms with Gasteiger partial charge in [0, 0.05) is 31.8 Å². The van der Waals surface area contributed by atoms with Crippen molar-refractivity contribution in [1.82, 2.24) is 18.7 Å². The third-order valence-corrected chi connectivity index (χ3v) is 10.5. The predicted octanol–water partition coefficient (Wildman–Crippen LogP) is -0.0527. The molecule has 2 aliphatic carbocycles. The van der Waals surface area contributed by atoms with Crippen molar-refractivity contribution in [1.29, 1.82) is 0 Å². The lowest BCUT2D eigenvalue weighted by atomic mass is 9.40. The Bertz CT molecular complexity index is 1620. The van der Waals surface area contributed by atoms with Crippen LogP contribution in [0, 0.1) is 16.7 Å². The fourth-order valence-electron chi connectivity index (χ4n) is 8.31. The minimum absolute atomic E-state index is 0.00380. The number of ketones is 1. The number of nitrogens with zero attached hydrogens (tertiary/aromatic N) is 4. The van der Waals surface area contributed by atoms with Gasteiger partial charge >= 0.3 is 11.7 Å². The topological polar surface area (TPSA) is 175 Å². The molecule has 0 aromatic carbocycles. The molecule has 3 aliphatic rings. The summed E-state index contributed by atoms with van der Waals surface area (Å²) in [5.74, 6) is -2.39. The van der Waals surface area contributed by atoms with E-state index in [1.807, 2.05) is 13.8 Å². The number of aliphatic hydroxyl groups is 3. The number of hydrogen-bond acceptors (Lipinski definition) is 10. The second-order valence-electron chi connectivity index (χ2n) is 13.5. The molecule has 1 saturated heterocycles. The van der Waals surface area contributed by atoms with Crippen LogP contribution in [0.4, 0.5) is 0 Å². The molecule has 230 valence electrons. The zero-order valence-corrected chi connectivity index (χ0v) is 25.1. The maximum absolute atomic E-state index is 14.0. The number of carbonyl (C=O) groups is 2. The van der Waals surface area contributed by atoms with Crippen molar-refractivity contribution in [2.75, 3.05) is 0 Å². The van der Waals surface area contributed by atoms with Crippen LogP contribution in [0.5, 0.6) is 0 Å². The fraction of sp³-hybridized carbons (Fsp3) is 0.690. The second kappa shape index (κ2) is 9.18. The summed E-state index contributed by atoms with van der Waals surface area (Å²) in [6, 6.07) is 0. The Morgan fingerprint density at radius 3 is 2.43 bits per heavy atom. The molecule has 3 fully saturated rings. The SMILES string of the molecule is C=C[C@@]1(C)CC(=O)[C@]2(O)C3(C)C(C(O)C(OC(=O)Cn4cnc5c4c(=O)n(C)c(=O)n5C)[C@@]2(C)O1)C(C)(C)CC[C@@H]3O. The molecule has 8 atom stereocenters. The Morgan fingerprint density at radius 1 is 1.17 bits per heavy atom. The van der Waals surface area contributed by atoms with Gasteiger partial charge in [0.05, 0.1) is 24.1 Å². The van der Waals surface area contributed by atoms with Crippen molar-refractivity contribution in [2.45, 2.75) is 95.5 Å². The average molecular weight is 589 g/mol. The number of aryl methyl sites for hydroxylation is 1. The van der Waals surface area contributed by atoms with Gasteiger partial charge in [-0.3, -0.25) is 23.5 Å². The maximum atomic E-state index is 14.0. The van der Waals surface area contributed by atoms with E-state index in [-0.39, 0.29) is 24.0 Å². The van der Waals surface area contributed by atoms with Crippen LogP contribution in [0.3, 0.4) is 0 Å². The summed E-state index contributed by atoms with van der Waals surface area (Å²) in [6.07, 6.45) is -0.979. The van der Waals surface area contributed by atoms with E-state index in [9.17, 15) is 34.5 Å². The number of rotatable bonds is 4. The molecule has 3 N–H and O–H groups in total. The van der Waals surface area contributed by atoms with E-state index in [2.05, 4.69) is 11.6 Å². The number of aromatic nitrogens is 4. The molecular weight excluding hydrogens is 548 g/mol. The van der Waals surface area contributed by atoms with Gasteiger partial charge in [0.25, 0.3) is 5.56 Å². The van der Waals surface area contributed by atoms with E-state index in [1.54, 1.807) is 13.8 Å². The molecule has 13 heteroatoms. The molecule has 4 unspecified atom stereocenters. The highest BCUT2D eigenvalue weighted by Gasteiger charge is 2.81. The molecule has 2 saturated carbocycles. The van der Waals surface area contributed by atoms with Crippen LogP contribution in [0.1, 0.15) is 53.9 Å². The van der Waals surface area contributed by atoms with Gasteiger partial charge in [0.15, 0.2) is 28.7 Å². The number of carbonyl (C=O) groups excluding carboxylic acids is 2. The molecule has 0 radical (unpaired) electrons. The number of aliphatic hydroxyl groups excluding tert-OH is 2. The number of imidazole rings is 1. The van der Waals surface area contributed by atoms with Crippen LogP contribution in [-0.4, -0.2) is 80.9 Å². The molecule has 3 heterocycles. The van der Waals surface area contributed by atoms with Crippen molar-refractivity contribution in [2.24, 2.45) is 30.8 Å². The van der Waals surface area contributed by atoms with Crippen LogP contribution >= 0.6 is 0 Å². The molecule has 5 rings (SSSR count). The quantitative estimate of drug-likeness (QED) is 0.324. The summed E-state index contributed by atoms with van der Waals surface area (Å²) in [7, 11) is 2.76. The highest BCUT2D eigenvalue weighted by atomic mass is 16.6. The Kier molecular flexibility index (Phi) is 6.63. The largest absolute Gasteiger partial charge is 0.455 e. The fourth-order valence-corrected chi connectivity index (χ4v) is 8.31. The summed E-state index contributed by atoms with van der Waals surface area (Å²) >= 11 is 0. The van der Waals surface area contributed by atoms with Crippen LogP contribution in [0.25, 0.3) is 11.2 Å². The molecule has 13 nitrogen and oxygen atoms in total. The Hall–Kier alpha value is -3.13. The number of fused-ring (bicyclic) bond motifs is 4. The van der Waals surface area contributed by atoms with Crippen LogP contribution in [0.15, 0.2) is 28.6 Å². The van der Waals surface area contributed by atoms with Crippen molar-refractivity contribution in [3.63, 3.8) is 0 Å². The maximum Gasteiger partial charge on any atom is 0.332 e. The van der Waals surface area contributed by atoms with Gasteiger partial charge in [-0.1, -0.05) is 26.8 Å². The summed E-state index contributed by atoms with van der Waals surface area (Å²) in [5.41, 5.74) is -9.02. The van der Waals surface area contributed by atoms with Gasteiger partial charge in [0.1, 0.15) is 12.1 Å². The number of esters is 1. The molecule has 42 heavy (non-hydrogen) atoms. The molecule has 1 aliphatic heterocycles. The lowest BCUT2D eigenvalue weighted by Crippen LogP contribution is -2.86. The smallest absolute Gasteiger partial charge is 0.332 e. The van der Waals surface area contributed by atoms with E-state index in [0.717, 1.165) is 4.57 Å². The monoisotopic (exact) mass is 588 g/mol. The first-order valence-electron chi connectivity index (χ1n) is 14.1. The highest BCUT2D eigenvalue weighted by molar-refractivity contribution is 5.92. The van der Waals surface area contributed by atoms with Gasteiger partial charge in [-0.15, -0.1) is 6.58 Å². The first-order chi connectivity index (χ1) is 19.3. The first-order valence-corrected chi connectivity index (χ1v) is 14.1. The number of Topliss-reactive ketones (excluding diaryl/α,β-unsaturated/α-hetero) is 1. The van der Waals surface area contributed by atoms with Crippen molar-refractivity contribution in [3.8, 4) is 0 Å². The lowest BCUT2D eigenvalue weighted by molar-refractivity contribution is -0.370. The molecule has 0 spiro atoms. The first kappa shape index (κ1) is 30.3. The number of hydrogen-bond donors (Lipinski definition) is 3. The van der Waals surface area contributed by atoms with E-state index < -0.39 is 81.4 Å². The van der Waals surface area contributed by atoms with Crippen molar-refractivity contribution in [3.05, 3.63) is 39.8 Å². The van der Waals surface area contributed by atoms with Gasteiger partial charge in [0.2, 0.25) is 0 Å². The van der Waals surface area contributed by atoms with E-state index in [0.29, 0.717) is 6.42 Å². The molecular formula is C29H40N4O9. The minimum atomic E-state index is -2.36. The van der Waals surface area contributed by atoms with Crippen LogP contribution in [0.2, 0.25) is 0 Å². The standard InChI is InChI=1S/C29H40N4O9/c1-9-26(4)12-16(35)29(40)27(5)15(34)10-11-25(2,3)20(27)19(37)21(28(29,6)42-26)41-17(36)13-33-14-30-22-18(33)23(38)32(8)24(39)31(22)7/h9,14-15,19-21,34,37,40H,1,10-13H2,2-8H3/t15-,19?,20?,21?,26-,27?,28+,29-/m0/s1. The third kappa shape index (κ3) is 3.66. The van der Waals surface area contributed by atoms with Crippen molar-refractivity contribution >= 4 is 22.9 Å². The number of ether oxygens (including phenoxy) is 2. The second-order valence-corrected chi connectivity index (χ2v) is 13.5. The van der Waals surface area contributed by atoms with E-state index >= 15 is 0 Å². The third-order valence-electron chi connectivity index (χ3n) is 10.5. The van der Waals surface area contributed by atoms with Gasteiger partial charge < -0.3 is 29.4 Å². The van der Waals surface area contributed by atoms with E-state index in [4.69, 9.17) is 9.47 Å². The highest BCUT2D eigenvalue weighted by Crippen LogP contribution is 2.67. The minimum Gasteiger partial charge on any atom is -0.455 e. The van der Waals surface area contributed by atoms with Crippen LogP contribution < -0.4 is 11.2 Å². The Morgan fingerprint density at radius 2 is 1.81 bits per heavy atom. The molecule has 0 amide bonds.